The Morgan fingerprint density at radius 1 is 1.05 bits per heavy atom. The number of nitrogens with one attached hydrogen (secondary N) is 1. The molecule has 1 aliphatic heterocycles. The summed E-state index contributed by atoms with van der Waals surface area (Å²) in [6.07, 6.45) is 12.7. The number of hydrogen-bond acceptors (Lipinski definition) is 3. The van der Waals surface area contributed by atoms with E-state index in [4.69, 9.17) is 0 Å². The molecule has 2 unspecified atom stereocenters. The van der Waals surface area contributed by atoms with Gasteiger partial charge < -0.3 is 5.32 Å². The highest BCUT2D eigenvalue weighted by Gasteiger charge is 2.34. The molecule has 2 atom stereocenters. The molecule has 1 saturated heterocycles. The van der Waals surface area contributed by atoms with Crippen molar-refractivity contribution in [3.05, 3.63) is 0 Å². The van der Waals surface area contributed by atoms with Gasteiger partial charge in [0, 0.05) is 6.04 Å². The number of unbranched alkanes of at least 4 members (excludes halogenated alkanes) is 5. The zero-order chi connectivity index (χ0) is 15.1. The van der Waals surface area contributed by atoms with Crippen LogP contribution in [0.25, 0.3) is 0 Å². The van der Waals surface area contributed by atoms with Crippen LogP contribution in [-0.4, -0.2) is 32.5 Å². The Kier molecular flexibility index (Phi) is 7.00. The van der Waals surface area contributed by atoms with Crippen LogP contribution in [0.3, 0.4) is 0 Å². The van der Waals surface area contributed by atoms with Gasteiger partial charge in [-0.25, -0.2) is 8.42 Å². The predicted molar refractivity (Wildman–Crippen MR) is 89.3 cm³/mol. The summed E-state index contributed by atoms with van der Waals surface area (Å²) in [5, 5.41) is 3.63. The van der Waals surface area contributed by atoms with Crippen molar-refractivity contribution in [2.45, 2.75) is 77.2 Å². The molecular weight excluding hydrogens is 282 g/mol. The molecule has 0 amide bonds. The minimum Gasteiger partial charge on any atom is -0.314 e. The van der Waals surface area contributed by atoms with E-state index in [2.05, 4.69) is 12.2 Å². The van der Waals surface area contributed by atoms with Crippen molar-refractivity contribution < 1.29 is 8.42 Å². The Labute approximate surface area is 131 Å². The van der Waals surface area contributed by atoms with Crippen LogP contribution in [0.1, 0.15) is 71.1 Å². The van der Waals surface area contributed by atoms with Crippen LogP contribution in [0.5, 0.6) is 0 Å². The highest BCUT2D eigenvalue weighted by Crippen LogP contribution is 2.30. The Balaban J connectivity index is 1.70. The average molecular weight is 316 g/mol. The Bertz CT molecular complexity index is 390. The predicted octanol–water partition coefficient (Wildman–Crippen LogP) is 3.54. The summed E-state index contributed by atoms with van der Waals surface area (Å²) in [6, 6.07) is 0.732. The SMILES string of the molecule is CCCCCCCCC(CNC1CC1)C1CCS(=O)(=O)C1. The van der Waals surface area contributed by atoms with E-state index in [1.165, 1.54) is 57.8 Å². The highest BCUT2D eigenvalue weighted by atomic mass is 32.2. The van der Waals surface area contributed by atoms with Gasteiger partial charge >= 0.3 is 0 Å². The van der Waals surface area contributed by atoms with Gasteiger partial charge in [0.1, 0.15) is 0 Å². The van der Waals surface area contributed by atoms with E-state index in [-0.39, 0.29) is 0 Å². The van der Waals surface area contributed by atoms with E-state index >= 15 is 0 Å². The molecule has 124 valence electrons. The van der Waals surface area contributed by atoms with Crippen LogP contribution in [0, 0.1) is 11.8 Å². The van der Waals surface area contributed by atoms with Gasteiger partial charge in [0.05, 0.1) is 11.5 Å². The standard InChI is InChI=1S/C17H33NO2S/c1-2-3-4-5-6-7-8-15(13-18-17-9-10-17)16-11-12-21(19,20)14-16/h15-18H,2-14H2,1H3. The molecule has 4 heteroatoms. The van der Waals surface area contributed by atoms with Crippen molar-refractivity contribution in [1.29, 1.82) is 0 Å². The van der Waals surface area contributed by atoms with Crippen molar-refractivity contribution in [2.75, 3.05) is 18.1 Å². The Hall–Kier alpha value is -0.0900. The third-order valence-corrected chi connectivity index (χ3v) is 6.90. The minimum atomic E-state index is -2.73. The summed E-state index contributed by atoms with van der Waals surface area (Å²) in [5.74, 6) is 1.86. The fourth-order valence-corrected chi connectivity index (χ4v) is 5.41. The Morgan fingerprint density at radius 2 is 1.76 bits per heavy atom. The molecule has 1 heterocycles. The van der Waals surface area contributed by atoms with Gasteiger partial charge in [-0.2, -0.15) is 0 Å². The lowest BCUT2D eigenvalue weighted by atomic mass is 9.87. The van der Waals surface area contributed by atoms with Crippen molar-refractivity contribution in [1.82, 2.24) is 5.32 Å². The van der Waals surface area contributed by atoms with Gasteiger partial charge in [0.15, 0.2) is 9.84 Å². The second-order valence-corrected chi connectivity index (χ2v) is 9.39. The third-order valence-electron chi connectivity index (χ3n) is 5.11. The van der Waals surface area contributed by atoms with Crippen molar-refractivity contribution >= 4 is 9.84 Å². The molecule has 1 aliphatic carbocycles. The van der Waals surface area contributed by atoms with E-state index in [0.29, 0.717) is 23.3 Å². The van der Waals surface area contributed by atoms with Gasteiger partial charge in [0.2, 0.25) is 0 Å². The number of rotatable bonds is 11. The molecule has 2 aliphatic rings. The maximum Gasteiger partial charge on any atom is 0.150 e. The van der Waals surface area contributed by atoms with Crippen molar-refractivity contribution in [2.24, 2.45) is 11.8 Å². The molecule has 0 spiro atoms. The molecule has 0 aromatic heterocycles. The molecule has 2 fully saturated rings. The van der Waals surface area contributed by atoms with Crippen molar-refractivity contribution in [3.8, 4) is 0 Å². The monoisotopic (exact) mass is 315 g/mol. The fourth-order valence-electron chi connectivity index (χ4n) is 3.49. The minimum absolute atomic E-state index is 0.414. The number of hydrogen-bond donors (Lipinski definition) is 1. The van der Waals surface area contributed by atoms with E-state index in [9.17, 15) is 8.42 Å². The maximum atomic E-state index is 11.7. The summed E-state index contributed by atoms with van der Waals surface area (Å²) in [4.78, 5) is 0. The first-order chi connectivity index (χ1) is 10.1. The second kappa shape index (κ2) is 8.52. The van der Waals surface area contributed by atoms with Crippen molar-refractivity contribution in [3.63, 3.8) is 0 Å². The van der Waals surface area contributed by atoms with E-state index in [1.54, 1.807) is 0 Å². The third kappa shape index (κ3) is 6.68. The molecule has 1 N–H and O–H groups in total. The summed E-state index contributed by atoms with van der Waals surface area (Å²) in [6.45, 7) is 3.29. The normalized spacial score (nSPS) is 26.0. The highest BCUT2D eigenvalue weighted by molar-refractivity contribution is 7.91. The number of sulfone groups is 1. The Morgan fingerprint density at radius 3 is 2.38 bits per heavy atom. The van der Waals surface area contributed by atoms with Crippen LogP contribution in [-0.2, 0) is 9.84 Å². The molecule has 0 radical (unpaired) electrons. The van der Waals surface area contributed by atoms with Crippen LogP contribution in [0.4, 0.5) is 0 Å². The molecule has 21 heavy (non-hydrogen) atoms. The second-order valence-electron chi connectivity index (χ2n) is 7.16. The van der Waals surface area contributed by atoms with Gasteiger partial charge in [-0.15, -0.1) is 0 Å². The van der Waals surface area contributed by atoms with Gasteiger partial charge in [-0.05, 0) is 44.1 Å². The fraction of sp³-hybridized carbons (Fsp3) is 1.00. The molecule has 1 saturated carbocycles. The lowest BCUT2D eigenvalue weighted by molar-refractivity contribution is 0.313. The lowest BCUT2D eigenvalue weighted by Gasteiger charge is -2.23. The topological polar surface area (TPSA) is 46.2 Å². The van der Waals surface area contributed by atoms with E-state index in [1.807, 2.05) is 0 Å². The molecule has 0 aromatic rings. The van der Waals surface area contributed by atoms with Crippen LogP contribution >= 0.6 is 0 Å². The van der Waals surface area contributed by atoms with Gasteiger partial charge in [0.25, 0.3) is 0 Å². The average Bonchev–Trinajstić information content (AvgIpc) is 3.20. The first-order valence-corrected chi connectivity index (χ1v) is 10.9. The molecule has 2 rings (SSSR count). The van der Waals surface area contributed by atoms with E-state index in [0.717, 1.165) is 19.0 Å². The van der Waals surface area contributed by atoms with Gasteiger partial charge in [-0.3, -0.25) is 0 Å². The zero-order valence-electron chi connectivity index (χ0n) is 13.6. The van der Waals surface area contributed by atoms with Gasteiger partial charge in [-0.1, -0.05) is 45.4 Å². The van der Waals surface area contributed by atoms with Crippen LogP contribution in [0.15, 0.2) is 0 Å². The van der Waals surface area contributed by atoms with Crippen LogP contribution in [0.2, 0.25) is 0 Å². The summed E-state index contributed by atoms with van der Waals surface area (Å²) < 4.78 is 23.4. The largest absolute Gasteiger partial charge is 0.314 e. The zero-order valence-corrected chi connectivity index (χ0v) is 14.5. The van der Waals surface area contributed by atoms with Crippen LogP contribution < -0.4 is 5.32 Å². The summed E-state index contributed by atoms with van der Waals surface area (Å²) >= 11 is 0. The first kappa shape index (κ1) is 17.3. The molecular formula is C17H33NO2S. The molecule has 3 nitrogen and oxygen atoms in total. The van der Waals surface area contributed by atoms with E-state index < -0.39 is 9.84 Å². The lowest BCUT2D eigenvalue weighted by Crippen LogP contribution is -2.30. The smallest absolute Gasteiger partial charge is 0.150 e. The molecule has 0 aromatic carbocycles. The summed E-state index contributed by atoms with van der Waals surface area (Å²) in [7, 11) is -2.73. The molecule has 0 bridgehead atoms. The maximum absolute atomic E-state index is 11.7. The quantitative estimate of drug-likeness (QED) is 0.593. The first-order valence-electron chi connectivity index (χ1n) is 9.04. The summed E-state index contributed by atoms with van der Waals surface area (Å²) in [5.41, 5.74) is 0.